The molecule has 3 nitrogen and oxygen atoms in total. The van der Waals surface area contributed by atoms with Crippen LogP contribution in [-0.2, 0) is 19.6 Å². The summed E-state index contributed by atoms with van der Waals surface area (Å²) in [5.41, 5.74) is 6.06. The Hall–Kier alpha value is -3.30. The Bertz CT molecular complexity index is 1310. The Labute approximate surface area is 195 Å². The summed E-state index contributed by atoms with van der Waals surface area (Å²) in [5, 5.41) is 2.52. The molecule has 4 heteroatoms. The molecule has 162 valence electrons. The number of aryl methyl sites for hydroxylation is 3. The highest BCUT2D eigenvalue weighted by Gasteiger charge is 2.14. The minimum Gasteiger partial charge on any atom is -0.489 e. The van der Waals surface area contributed by atoms with Gasteiger partial charge in [-0.25, -0.2) is 0 Å². The molecule has 0 amide bonds. The molecule has 0 spiro atoms. The first-order valence-corrected chi connectivity index (χ1v) is 10.9. The molecule has 0 aliphatic heterocycles. The third-order valence-electron chi connectivity index (χ3n) is 5.87. The summed E-state index contributed by atoms with van der Waals surface area (Å²) >= 11 is 0. The van der Waals surface area contributed by atoms with Crippen molar-refractivity contribution in [3.63, 3.8) is 0 Å². The van der Waals surface area contributed by atoms with E-state index in [-0.39, 0.29) is 12.4 Å². The van der Waals surface area contributed by atoms with E-state index in [9.17, 15) is 0 Å². The van der Waals surface area contributed by atoms with Crippen LogP contribution in [0, 0.1) is 6.92 Å². The molecule has 0 aliphatic carbocycles. The molecule has 0 saturated carbocycles. The summed E-state index contributed by atoms with van der Waals surface area (Å²) in [4.78, 5) is 4.58. The van der Waals surface area contributed by atoms with E-state index in [0.717, 1.165) is 30.8 Å². The number of aromatic nitrogens is 2. The van der Waals surface area contributed by atoms with Crippen LogP contribution in [0.2, 0.25) is 0 Å². The van der Waals surface area contributed by atoms with Crippen molar-refractivity contribution in [1.82, 2.24) is 9.55 Å². The molecule has 3 aromatic carbocycles. The lowest BCUT2D eigenvalue weighted by atomic mass is 10.1. The highest BCUT2D eigenvalue weighted by Crippen LogP contribution is 2.33. The normalized spacial score (nSPS) is 10.9. The van der Waals surface area contributed by atoms with Gasteiger partial charge in [-0.3, -0.25) is 4.98 Å². The van der Waals surface area contributed by atoms with Gasteiger partial charge in [0, 0.05) is 29.6 Å². The molecule has 0 N–H and O–H groups in total. The number of rotatable bonds is 7. The summed E-state index contributed by atoms with van der Waals surface area (Å²) < 4.78 is 8.55. The fourth-order valence-electron chi connectivity index (χ4n) is 4.35. The number of pyridine rings is 1. The molecular weight excluding hydrogens is 416 g/mol. The second-order valence-electron chi connectivity index (χ2n) is 7.99. The lowest BCUT2D eigenvalue weighted by molar-refractivity contribution is 0.306. The summed E-state index contributed by atoms with van der Waals surface area (Å²) in [6.07, 6.45) is 4.04. The summed E-state index contributed by atoms with van der Waals surface area (Å²) in [6.45, 7) is 3.62. The first-order valence-electron chi connectivity index (χ1n) is 10.9. The minimum absolute atomic E-state index is 0. The molecule has 0 atom stereocenters. The molecule has 0 saturated heterocycles. The maximum absolute atomic E-state index is 6.13. The molecule has 2 aromatic heterocycles. The largest absolute Gasteiger partial charge is 0.489 e. The van der Waals surface area contributed by atoms with E-state index in [1.807, 2.05) is 24.4 Å². The fraction of sp³-hybridized carbons (Fsp3) is 0.179. The van der Waals surface area contributed by atoms with Gasteiger partial charge in [-0.15, -0.1) is 12.4 Å². The van der Waals surface area contributed by atoms with Gasteiger partial charge in [-0.1, -0.05) is 60.7 Å². The lowest BCUT2D eigenvalue weighted by Crippen LogP contribution is -2.02. The molecular formula is C28H27ClN2O. The number of benzene rings is 3. The van der Waals surface area contributed by atoms with E-state index in [0.29, 0.717) is 6.61 Å². The highest BCUT2D eigenvalue weighted by molar-refractivity contribution is 6.09. The average molecular weight is 443 g/mol. The molecule has 32 heavy (non-hydrogen) atoms. The van der Waals surface area contributed by atoms with E-state index in [1.54, 1.807) is 0 Å². The predicted molar refractivity (Wildman–Crippen MR) is 135 cm³/mol. The highest BCUT2D eigenvalue weighted by atomic mass is 35.5. The maximum Gasteiger partial charge on any atom is 0.121 e. The quantitative estimate of drug-likeness (QED) is 0.268. The maximum atomic E-state index is 6.13. The van der Waals surface area contributed by atoms with Crippen LogP contribution < -0.4 is 4.74 Å². The standard InChI is InChI=1S/C28H26N2O.ClH/c1-21-28-26(16-17-29-21)25-15-14-24(31-20-23-11-6-3-7-12-23)19-27(25)30(28)18-8-13-22-9-4-2-5-10-22;/h2-7,9-12,14-17,19H,8,13,18,20H2,1H3;1H. The van der Waals surface area contributed by atoms with Crippen molar-refractivity contribution < 1.29 is 4.74 Å². The topological polar surface area (TPSA) is 27.1 Å². The first kappa shape index (κ1) is 21.9. The van der Waals surface area contributed by atoms with Crippen LogP contribution in [0.25, 0.3) is 21.8 Å². The van der Waals surface area contributed by atoms with Crippen LogP contribution >= 0.6 is 12.4 Å². The Kier molecular flexibility index (Phi) is 6.77. The smallest absolute Gasteiger partial charge is 0.121 e. The Morgan fingerprint density at radius 2 is 1.53 bits per heavy atom. The van der Waals surface area contributed by atoms with Crippen LogP contribution in [0.4, 0.5) is 0 Å². The molecule has 0 unspecified atom stereocenters. The van der Waals surface area contributed by atoms with Crippen molar-refractivity contribution in [3.05, 3.63) is 108 Å². The third kappa shape index (κ3) is 4.49. The van der Waals surface area contributed by atoms with Crippen LogP contribution in [0.1, 0.15) is 23.2 Å². The van der Waals surface area contributed by atoms with Crippen molar-refractivity contribution >= 4 is 34.2 Å². The number of halogens is 1. The SMILES string of the molecule is Cc1nccc2c3ccc(OCc4ccccc4)cc3n(CCCc3ccccc3)c12.Cl. The second-order valence-corrected chi connectivity index (χ2v) is 7.99. The predicted octanol–water partition coefficient (Wildman–Crippen LogP) is 7.13. The first-order chi connectivity index (χ1) is 15.3. The monoisotopic (exact) mass is 442 g/mol. The summed E-state index contributed by atoms with van der Waals surface area (Å²) in [7, 11) is 0. The molecule has 2 heterocycles. The van der Waals surface area contributed by atoms with Gasteiger partial charge in [0.05, 0.1) is 16.7 Å². The third-order valence-corrected chi connectivity index (χ3v) is 5.87. The summed E-state index contributed by atoms with van der Waals surface area (Å²) in [5.74, 6) is 0.897. The van der Waals surface area contributed by atoms with E-state index >= 15 is 0 Å². The molecule has 0 aliphatic rings. The zero-order valence-corrected chi connectivity index (χ0v) is 19.0. The van der Waals surface area contributed by atoms with Gasteiger partial charge in [-0.05, 0) is 49.1 Å². The van der Waals surface area contributed by atoms with Crippen molar-refractivity contribution in [3.8, 4) is 5.75 Å². The van der Waals surface area contributed by atoms with Crippen LogP contribution in [0.3, 0.4) is 0 Å². The van der Waals surface area contributed by atoms with Gasteiger partial charge in [-0.2, -0.15) is 0 Å². The van der Waals surface area contributed by atoms with E-state index < -0.39 is 0 Å². The van der Waals surface area contributed by atoms with Crippen LogP contribution in [-0.4, -0.2) is 9.55 Å². The Morgan fingerprint density at radius 1 is 0.812 bits per heavy atom. The zero-order chi connectivity index (χ0) is 21.0. The van der Waals surface area contributed by atoms with Gasteiger partial charge in [0.1, 0.15) is 12.4 Å². The van der Waals surface area contributed by atoms with Crippen LogP contribution in [0.15, 0.2) is 91.1 Å². The number of nitrogens with zero attached hydrogens (tertiary/aromatic N) is 2. The number of hydrogen-bond donors (Lipinski definition) is 0. The minimum atomic E-state index is 0. The van der Waals surface area contributed by atoms with Gasteiger partial charge in [0.15, 0.2) is 0 Å². The van der Waals surface area contributed by atoms with Gasteiger partial charge in [0.25, 0.3) is 0 Å². The van der Waals surface area contributed by atoms with Gasteiger partial charge in [0.2, 0.25) is 0 Å². The number of fused-ring (bicyclic) bond motifs is 3. The van der Waals surface area contributed by atoms with Crippen molar-refractivity contribution in [2.24, 2.45) is 0 Å². The zero-order valence-electron chi connectivity index (χ0n) is 18.2. The van der Waals surface area contributed by atoms with Crippen molar-refractivity contribution in [2.75, 3.05) is 0 Å². The Balaban J connectivity index is 0.00000245. The molecule has 5 aromatic rings. The molecule has 0 bridgehead atoms. The van der Waals surface area contributed by atoms with Gasteiger partial charge >= 0.3 is 0 Å². The van der Waals surface area contributed by atoms with E-state index in [2.05, 4.69) is 83.2 Å². The molecule has 0 radical (unpaired) electrons. The van der Waals surface area contributed by atoms with E-state index in [1.165, 1.54) is 32.9 Å². The summed E-state index contributed by atoms with van der Waals surface area (Å²) in [6, 6.07) is 29.6. The molecule has 0 fully saturated rings. The van der Waals surface area contributed by atoms with Crippen LogP contribution in [0.5, 0.6) is 5.75 Å². The second kappa shape index (κ2) is 9.88. The van der Waals surface area contributed by atoms with Gasteiger partial charge < -0.3 is 9.30 Å². The number of ether oxygens (including phenoxy) is 1. The van der Waals surface area contributed by atoms with E-state index in [4.69, 9.17) is 4.74 Å². The fourth-order valence-corrected chi connectivity index (χ4v) is 4.35. The van der Waals surface area contributed by atoms with Crippen molar-refractivity contribution in [2.45, 2.75) is 32.9 Å². The van der Waals surface area contributed by atoms with Crippen molar-refractivity contribution in [1.29, 1.82) is 0 Å². The lowest BCUT2D eigenvalue weighted by Gasteiger charge is -2.11. The Morgan fingerprint density at radius 3 is 2.28 bits per heavy atom. The molecule has 5 rings (SSSR count). The average Bonchev–Trinajstić information content (AvgIpc) is 3.13. The number of hydrogen-bond acceptors (Lipinski definition) is 2.